The van der Waals surface area contributed by atoms with Crippen molar-refractivity contribution in [1.29, 1.82) is 0 Å². The number of carbonyl (C=O) groups excluding carboxylic acids is 5. The molecule has 240 valence electrons. The summed E-state index contributed by atoms with van der Waals surface area (Å²) in [5, 5.41) is 2.64. The van der Waals surface area contributed by atoms with Crippen molar-refractivity contribution in [3.05, 3.63) is 45.1 Å². The number of rotatable bonds is 11. The first-order chi connectivity index (χ1) is 20.5. The van der Waals surface area contributed by atoms with Crippen molar-refractivity contribution in [3.63, 3.8) is 0 Å². The summed E-state index contributed by atoms with van der Waals surface area (Å²) >= 11 is 1.33. The molecule has 44 heavy (non-hydrogen) atoms. The Balaban J connectivity index is 1.64. The third-order valence-corrected chi connectivity index (χ3v) is 7.07. The first kappa shape index (κ1) is 34.4. The maximum Gasteiger partial charge on any atom is 0.410 e. The van der Waals surface area contributed by atoms with Crippen LogP contribution in [0.15, 0.2) is 24.3 Å². The highest BCUT2D eigenvalue weighted by molar-refractivity contribution is 7.14. The van der Waals surface area contributed by atoms with Crippen molar-refractivity contribution < 1.29 is 47.7 Å². The van der Waals surface area contributed by atoms with E-state index in [1.165, 1.54) is 29.5 Å². The first-order valence-electron chi connectivity index (χ1n) is 14.2. The standard InChI is InChI=1S/C31H40N2O10S/c1-8-39-26(35)17-41-23-13-19(9-10-22(23)40-18-27(36)42-30(2,3)4)21(34)15-32-28(37)25-14-20-16-33(12-11-24(20)44-25)29(38)43-31(5,6)7/h9-10,13-14H,8,11-12,15-18H2,1-7H3,(H,32,37). The van der Waals surface area contributed by atoms with E-state index in [9.17, 15) is 24.0 Å². The van der Waals surface area contributed by atoms with Crippen LogP contribution in [0.2, 0.25) is 0 Å². The van der Waals surface area contributed by atoms with Crippen LogP contribution in [0.4, 0.5) is 4.79 Å². The molecular weight excluding hydrogens is 592 g/mol. The lowest BCUT2D eigenvalue weighted by molar-refractivity contribution is -0.157. The van der Waals surface area contributed by atoms with E-state index in [0.717, 1.165) is 10.4 Å². The number of fused-ring (bicyclic) bond motifs is 1. The van der Waals surface area contributed by atoms with Crippen molar-refractivity contribution in [2.75, 3.05) is 32.9 Å². The maximum absolute atomic E-state index is 13.0. The number of nitrogens with one attached hydrogen (secondary N) is 1. The van der Waals surface area contributed by atoms with Gasteiger partial charge in [-0.3, -0.25) is 9.59 Å². The zero-order chi connectivity index (χ0) is 32.7. The topological polar surface area (TPSA) is 147 Å². The van der Waals surface area contributed by atoms with Crippen molar-refractivity contribution in [1.82, 2.24) is 10.2 Å². The molecule has 1 aliphatic heterocycles. The van der Waals surface area contributed by atoms with E-state index in [-0.39, 0.29) is 30.2 Å². The summed E-state index contributed by atoms with van der Waals surface area (Å²) < 4.78 is 26.7. The van der Waals surface area contributed by atoms with Crippen LogP contribution in [0.3, 0.4) is 0 Å². The molecule has 0 radical (unpaired) electrons. The lowest BCUT2D eigenvalue weighted by Gasteiger charge is -2.29. The Morgan fingerprint density at radius 3 is 2.20 bits per heavy atom. The fourth-order valence-corrected chi connectivity index (χ4v) is 5.12. The Morgan fingerprint density at radius 1 is 0.886 bits per heavy atom. The number of carbonyl (C=O) groups is 5. The molecule has 0 saturated carbocycles. The van der Waals surface area contributed by atoms with Crippen LogP contribution in [0.1, 0.15) is 78.9 Å². The summed E-state index contributed by atoms with van der Waals surface area (Å²) in [7, 11) is 0. The first-order valence-corrected chi connectivity index (χ1v) is 15.0. The molecule has 2 aromatic rings. The van der Waals surface area contributed by atoms with E-state index in [1.54, 1.807) is 59.4 Å². The van der Waals surface area contributed by atoms with Gasteiger partial charge in [-0.25, -0.2) is 14.4 Å². The number of hydrogen-bond acceptors (Lipinski definition) is 11. The Morgan fingerprint density at radius 2 is 1.55 bits per heavy atom. The third kappa shape index (κ3) is 10.5. The van der Waals surface area contributed by atoms with Gasteiger partial charge in [0.2, 0.25) is 0 Å². The van der Waals surface area contributed by atoms with Crippen LogP contribution in [0.25, 0.3) is 0 Å². The molecule has 12 nitrogen and oxygen atoms in total. The van der Waals surface area contributed by atoms with Gasteiger partial charge in [0.1, 0.15) is 11.2 Å². The lowest BCUT2D eigenvalue weighted by atomic mass is 10.1. The lowest BCUT2D eigenvalue weighted by Crippen LogP contribution is -2.39. The molecular formula is C31H40N2O10S. The van der Waals surface area contributed by atoms with E-state index in [0.29, 0.717) is 24.4 Å². The summed E-state index contributed by atoms with van der Waals surface area (Å²) in [6.45, 7) is 12.1. The maximum atomic E-state index is 13.0. The van der Waals surface area contributed by atoms with Gasteiger partial charge in [-0.05, 0) is 84.7 Å². The highest BCUT2D eigenvalue weighted by atomic mass is 32.1. The zero-order valence-corrected chi connectivity index (χ0v) is 27.0. The van der Waals surface area contributed by atoms with Gasteiger partial charge in [0.05, 0.1) is 24.6 Å². The van der Waals surface area contributed by atoms with E-state index < -0.39 is 54.1 Å². The molecule has 0 unspecified atom stereocenters. The molecule has 3 rings (SSSR count). The van der Waals surface area contributed by atoms with Crippen molar-refractivity contribution in [3.8, 4) is 11.5 Å². The average molecular weight is 633 g/mol. The van der Waals surface area contributed by atoms with Crippen LogP contribution in [0, 0.1) is 0 Å². The number of ether oxygens (including phenoxy) is 5. The van der Waals surface area contributed by atoms with Crippen LogP contribution < -0.4 is 14.8 Å². The van der Waals surface area contributed by atoms with Crippen LogP contribution in [-0.4, -0.2) is 78.7 Å². The van der Waals surface area contributed by atoms with Crippen LogP contribution >= 0.6 is 11.3 Å². The Hall–Kier alpha value is -4.13. The predicted octanol–water partition coefficient (Wildman–Crippen LogP) is 4.32. The number of ketones is 1. The number of nitrogens with zero attached hydrogens (tertiary/aromatic N) is 1. The van der Waals surface area contributed by atoms with Gasteiger partial charge in [0.15, 0.2) is 30.5 Å². The normalized spacial score (nSPS) is 12.9. The molecule has 0 aliphatic carbocycles. The summed E-state index contributed by atoms with van der Waals surface area (Å²) in [5.74, 6) is -1.91. The molecule has 0 bridgehead atoms. The fraction of sp³-hybridized carbons (Fsp3) is 0.516. The fourth-order valence-electron chi connectivity index (χ4n) is 4.04. The molecule has 2 heterocycles. The molecule has 1 aliphatic rings. The monoisotopic (exact) mass is 632 g/mol. The van der Waals surface area contributed by atoms with E-state index in [1.807, 2.05) is 0 Å². The predicted molar refractivity (Wildman–Crippen MR) is 161 cm³/mol. The smallest absolute Gasteiger partial charge is 0.410 e. The van der Waals surface area contributed by atoms with Gasteiger partial charge in [-0.15, -0.1) is 11.3 Å². The summed E-state index contributed by atoms with van der Waals surface area (Å²) in [6.07, 6.45) is 0.195. The molecule has 13 heteroatoms. The third-order valence-electron chi connectivity index (χ3n) is 5.83. The van der Waals surface area contributed by atoms with Gasteiger partial charge in [0.25, 0.3) is 5.91 Å². The molecule has 0 spiro atoms. The van der Waals surface area contributed by atoms with Crippen molar-refractivity contribution in [2.45, 2.75) is 72.6 Å². The van der Waals surface area contributed by atoms with Crippen molar-refractivity contribution in [2.24, 2.45) is 0 Å². The second kappa shape index (κ2) is 14.6. The van der Waals surface area contributed by atoms with Crippen LogP contribution in [0.5, 0.6) is 11.5 Å². The van der Waals surface area contributed by atoms with Gasteiger partial charge in [-0.2, -0.15) is 0 Å². The highest BCUT2D eigenvalue weighted by Crippen LogP contribution is 2.30. The van der Waals surface area contributed by atoms with E-state index in [2.05, 4.69) is 5.32 Å². The van der Waals surface area contributed by atoms with Gasteiger partial charge in [-0.1, -0.05) is 0 Å². The second-order valence-electron chi connectivity index (χ2n) is 11.9. The quantitative estimate of drug-likeness (QED) is 0.216. The number of hydrogen-bond donors (Lipinski definition) is 1. The van der Waals surface area contributed by atoms with Crippen molar-refractivity contribution >= 4 is 41.1 Å². The minimum Gasteiger partial charge on any atom is -0.478 e. The van der Waals surface area contributed by atoms with Gasteiger partial charge in [0, 0.05) is 17.0 Å². The molecule has 1 N–H and O–H groups in total. The summed E-state index contributed by atoms with van der Waals surface area (Å²) in [6, 6.07) is 6.00. The number of thiophene rings is 1. The molecule has 1 aromatic heterocycles. The zero-order valence-electron chi connectivity index (χ0n) is 26.2. The Bertz CT molecular complexity index is 1390. The largest absolute Gasteiger partial charge is 0.478 e. The summed E-state index contributed by atoms with van der Waals surface area (Å²) in [5.41, 5.74) is -0.251. The minimum atomic E-state index is -0.701. The van der Waals surface area contributed by atoms with Gasteiger partial charge >= 0.3 is 18.0 Å². The highest BCUT2D eigenvalue weighted by Gasteiger charge is 2.28. The Labute approximate surface area is 260 Å². The second-order valence-corrected chi connectivity index (χ2v) is 13.1. The number of amides is 2. The number of benzene rings is 1. The molecule has 1 aromatic carbocycles. The average Bonchev–Trinajstić information content (AvgIpc) is 3.35. The SMILES string of the molecule is CCOC(=O)COc1cc(C(=O)CNC(=O)c2cc3c(s2)CCN(C(=O)OC(C)(C)C)C3)ccc1OCC(=O)OC(C)(C)C. The van der Waals surface area contributed by atoms with E-state index in [4.69, 9.17) is 23.7 Å². The minimum absolute atomic E-state index is 0.0410. The molecule has 0 saturated heterocycles. The Kier molecular flexibility index (Phi) is 11.4. The van der Waals surface area contributed by atoms with Crippen LogP contribution in [-0.2, 0) is 36.8 Å². The summed E-state index contributed by atoms with van der Waals surface area (Å²) in [4.78, 5) is 65.4. The number of Topliss-reactive ketones (excluding diaryl/α,β-unsaturated/α-hetero) is 1. The molecule has 2 amide bonds. The van der Waals surface area contributed by atoms with Gasteiger partial charge < -0.3 is 33.9 Å². The molecule has 0 fully saturated rings. The van der Waals surface area contributed by atoms with E-state index >= 15 is 0 Å². The molecule has 0 atom stereocenters. The number of esters is 2.